The molecule has 0 aromatic heterocycles. The molecule has 1 atom stereocenters. The molecule has 1 aromatic carbocycles. The van der Waals surface area contributed by atoms with Crippen molar-refractivity contribution in [1.29, 1.82) is 0 Å². The summed E-state index contributed by atoms with van der Waals surface area (Å²) in [7, 11) is -2.42. The number of hydrogen-bond donors (Lipinski definition) is 1. The van der Waals surface area contributed by atoms with Gasteiger partial charge in [-0.2, -0.15) is 0 Å². The minimum absolute atomic E-state index is 0.167. The minimum atomic E-state index is -3.77. The summed E-state index contributed by atoms with van der Waals surface area (Å²) in [6.45, 7) is 4.04. The van der Waals surface area contributed by atoms with Crippen molar-refractivity contribution in [3.63, 3.8) is 0 Å². The second kappa shape index (κ2) is 6.70. The first-order valence-electron chi connectivity index (χ1n) is 7.91. The third-order valence-corrected chi connectivity index (χ3v) is 7.31. The molecule has 144 valence electrons. The van der Waals surface area contributed by atoms with Gasteiger partial charge in [-0.1, -0.05) is 0 Å². The zero-order chi connectivity index (χ0) is 19.9. The molecule has 0 spiro atoms. The second-order valence-electron chi connectivity index (χ2n) is 7.13. The highest BCUT2D eigenvalue weighted by atomic mass is 32.2. The van der Waals surface area contributed by atoms with Crippen LogP contribution < -0.4 is 5.73 Å². The number of ketones is 1. The molecule has 0 radical (unpaired) electrons. The van der Waals surface area contributed by atoms with Crippen molar-refractivity contribution in [1.82, 2.24) is 0 Å². The summed E-state index contributed by atoms with van der Waals surface area (Å²) in [5.74, 6) is -3.41. The fourth-order valence-electron chi connectivity index (χ4n) is 2.86. The van der Waals surface area contributed by atoms with Crippen molar-refractivity contribution >= 4 is 21.5 Å². The zero-order valence-corrected chi connectivity index (χ0v) is 15.9. The Kier molecular flexibility index (Phi) is 5.26. The van der Waals surface area contributed by atoms with Gasteiger partial charge in [0.2, 0.25) is 0 Å². The van der Waals surface area contributed by atoms with Crippen LogP contribution in [0.15, 0.2) is 17.1 Å². The first kappa shape index (κ1) is 20.4. The van der Waals surface area contributed by atoms with Gasteiger partial charge in [0.15, 0.2) is 27.3 Å². The number of sulfone groups is 1. The Morgan fingerprint density at radius 3 is 2.46 bits per heavy atom. The molecule has 1 aliphatic rings. The average molecular weight is 388 g/mol. The molecule has 0 amide bonds. The lowest BCUT2D eigenvalue weighted by Gasteiger charge is -2.38. The Hall–Kier alpha value is -1.87. The summed E-state index contributed by atoms with van der Waals surface area (Å²) >= 11 is 0. The van der Waals surface area contributed by atoms with Gasteiger partial charge < -0.3 is 10.5 Å². The van der Waals surface area contributed by atoms with E-state index in [1.807, 2.05) is 0 Å². The van der Waals surface area contributed by atoms with Crippen molar-refractivity contribution in [2.45, 2.75) is 37.5 Å². The van der Waals surface area contributed by atoms with E-state index in [1.165, 1.54) is 33.9 Å². The number of benzene rings is 1. The lowest BCUT2D eigenvalue weighted by molar-refractivity contribution is -0.121. The van der Waals surface area contributed by atoms with E-state index in [-0.39, 0.29) is 35.8 Å². The predicted octanol–water partition coefficient (Wildman–Crippen LogP) is 1.50. The van der Waals surface area contributed by atoms with Gasteiger partial charge in [-0.15, -0.1) is 0 Å². The molecule has 0 saturated heterocycles. The normalized spacial score (nSPS) is 24.2. The number of nitrogens with two attached hydrogens (primary N) is 1. The number of ether oxygens (including phenoxy) is 1. The number of hydrogen-bond acceptors (Lipinski definition) is 6. The minimum Gasteiger partial charge on any atom is -0.386 e. The number of amidine groups is 1. The smallest absolute Gasteiger partial charge is 0.165 e. The Labute approximate surface area is 151 Å². The number of methoxy groups -OCH3 is 1. The van der Waals surface area contributed by atoms with E-state index in [4.69, 9.17) is 10.5 Å². The SMILES string of the molecule is COCC(=O)Cc1cc(F)c(F)c([C@]2(C)CS(=O)(=O)C(C)(C)C(N)=N2)c1. The maximum atomic E-state index is 14.5. The van der Waals surface area contributed by atoms with Crippen LogP contribution in [0.2, 0.25) is 0 Å². The molecule has 0 saturated carbocycles. The van der Waals surface area contributed by atoms with Crippen LogP contribution >= 0.6 is 0 Å². The van der Waals surface area contributed by atoms with E-state index in [9.17, 15) is 22.0 Å². The molecular formula is C17H22F2N2O4S. The highest BCUT2D eigenvalue weighted by Crippen LogP contribution is 2.38. The van der Waals surface area contributed by atoms with E-state index in [0.717, 1.165) is 6.07 Å². The Balaban J connectivity index is 2.59. The topological polar surface area (TPSA) is 98.8 Å². The fourth-order valence-corrected chi connectivity index (χ4v) is 4.54. The van der Waals surface area contributed by atoms with Crippen LogP contribution in [0.1, 0.15) is 31.9 Å². The van der Waals surface area contributed by atoms with Gasteiger partial charge in [0, 0.05) is 19.1 Å². The van der Waals surface area contributed by atoms with Gasteiger partial charge in [0.05, 0.1) is 5.75 Å². The Morgan fingerprint density at radius 1 is 1.31 bits per heavy atom. The van der Waals surface area contributed by atoms with E-state index in [2.05, 4.69) is 4.99 Å². The quantitative estimate of drug-likeness (QED) is 0.824. The molecule has 6 nitrogen and oxygen atoms in total. The van der Waals surface area contributed by atoms with Crippen molar-refractivity contribution in [2.75, 3.05) is 19.5 Å². The number of nitrogens with zero attached hydrogens (tertiary/aromatic N) is 1. The Bertz CT molecular complexity index is 881. The molecule has 1 aliphatic heterocycles. The fraction of sp³-hybridized carbons (Fsp3) is 0.529. The third-order valence-electron chi connectivity index (χ3n) is 4.61. The van der Waals surface area contributed by atoms with Crippen LogP contribution in [0.4, 0.5) is 8.78 Å². The number of aliphatic imine (C=N–C) groups is 1. The van der Waals surface area contributed by atoms with Gasteiger partial charge in [-0.3, -0.25) is 9.79 Å². The first-order chi connectivity index (χ1) is 11.8. The molecular weight excluding hydrogens is 366 g/mol. The van der Waals surface area contributed by atoms with Crippen LogP contribution in [0.5, 0.6) is 0 Å². The lowest BCUT2D eigenvalue weighted by Crippen LogP contribution is -2.55. The van der Waals surface area contributed by atoms with Gasteiger partial charge in [-0.25, -0.2) is 17.2 Å². The standard InChI is InChI=1S/C17H22F2N2O4S/c1-16(2)15(20)21-17(3,9-26(16,23)24)12-6-10(5-11(22)8-25-4)7-13(18)14(12)19/h6-7H,5,8-9H2,1-4H3,(H2,20,21)/t17-/m0/s1. The summed E-state index contributed by atoms with van der Waals surface area (Å²) in [4.78, 5) is 15.9. The lowest BCUT2D eigenvalue weighted by atomic mass is 9.90. The molecule has 26 heavy (non-hydrogen) atoms. The Morgan fingerprint density at radius 2 is 1.92 bits per heavy atom. The van der Waals surface area contributed by atoms with Crippen molar-refractivity contribution in [2.24, 2.45) is 10.7 Å². The third kappa shape index (κ3) is 3.50. The van der Waals surface area contributed by atoms with Gasteiger partial charge in [0.1, 0.15) is 22.7 Å². The van der Waals surface area contributed by atoms with E-state index >= 15 is 0 Å². The van der Waals surface area contributed by atoms with Crippen LogP contribution in [0, 0.1) is 11.6 Å². The van der Waals surface area contributed by atoms with Crippen molar-refractivity contribution in [3.8, 4) is 0 Å². The van der Waals surface area contributed by atoms with Gasteiger partial charge >= 0.3 is 0 Å². The number of halogens is 2. The van der Waals surface area contributed by atoms with E-state index in [1.54, 1.807) is 0 Å². The van der Waals surface area contributed by atoms with Gasteiger partial charge in [-0.05, 0) is 38.5 Å². The average Bonchev–Trinajstić information content (AvgIpc) is 2.48. The maximum absolute atomic E-state index is 14.5. The second-order valence-corrected chi connectivity index (χ2v) is 9.67. The highest BCUT2D eigenvalue weighted by Gasteiger charge is 2.49. The largest absolute Gasteiger partial charge is 0.386 e. The summed E-state index contributed by atoms with van der Waals surface area (Å²) in [6.07, 6.45) is -0.175. The van der Waals surface area contributed by atoms with Crippen molar-refractivity contribution in [3.05, 3.63) is 34.9 Å². The van der Waals surface area contributed by atoms with Crippen LogP contribution in [-0.2, 0) is 31.3 Å². The van der Waals surface area contributed by atoms with Crippen LogP contribution in [0.25, 0.3) is 0 Å². The van der Waals surface area contributed by atoms with Crippen LogP contribution in [0.3, 0.4) is 0 Å². The van der Waals surface area contributed by atoms with Crippen molar-refractivity contribution < 1.29 is 26.7 Å². The molecule has 2 N–H and O–H groups in total. The predicted molar refractivity (Wildman–Crippen MR) is 93.8 cm³/mol. The van der Waals surface area contributed by atoms with Gasteiger partial charge in [0.25, 0.3) is 0 Å². The van der Waals surface area contributed by atoms with E-state index < -0.39 is 37.5 Å². The summed E-state index contributed by atoms with van der Waals surface area (Å²) in [6, 6.07) is 2.17. The summed E-state index contributed by atoms with van der Waals surface area (Å²) < 4.78 is 57.1. The molecule has 1 aromatic rings. The molecule has 0 bridgehead atoms. The molecule has 0 unspecified atom stereocenters. The molecule has 0 fully saturated rings. The van der Waals surface area contributed by atoms with E-state index in [0.29, 0.717) is 0 Å². The molecule has 0 aliphatic carbocycles. The zero-order valence-electron chi connectivity index (χ0n) is 15.1. The molecule has 1 heterocycles. The monoisotopic (exact) mass is 388 g/mol. The molecule has 9 heteroatoms. The summed E-state index contributed by atoms with van der Waals surface area (Å²) in [5.41, 5.74) is 4.19. The maximum Gasteiger partial charge on any atom is 0.165 e. The number of Topliss-reactive ketones (excluding diaryl/α,β-unsaturated/α-hetero) is 1. The molecule has 2 rings (SSSR count). The number of carbonyl (C=O) groups is 1. The number of carbonyl (C=O) groups excluding carboxylic acids is 1. The number of rotatable bonds is 5. The highest BCUT2D eigenvalue weighted by molar-refractivity contribution is 7.93. The van der Waals surface area contributed by atoms with Crippen LogP contribution in [-0.4, -0.2) is 44.3 Å². The summed E-state index contributed by atoms with van der Waals surface area (Å²) in [5, 5.41) is 0. The first-order valence-corrected chi connectivity index (χ1v) is 9.56.